The average Bonchev–Trinajstić information content (AvgIpc) is 2.78. The van der Waals surface area contributed by atoms with E-state index in [4.69, 9.17) is 10.2 Å². The lowest BCUT2D eigenvalue weighted by molar-refractivity contribution is -0.146. The molecule has 0 bridgehead atoms. The summed E-state index contributed by atoms with van der Waals surface area (Å²) in [5.74, 6) is -3.78. The summed E-state index contributed by atoms with van der Waals surface area (Å²) in [6.45, 7) is 2.16. The van der Waals surface area contributed by atoms with E-state index in [1.54, 1.807) is 6.92 Å². The fraction of sp³-hybridized carbons (Fsp3) is 0.667. The Balaban J connectivity index is 2.65. The highest BCUT2D eigenvalue weighted by Gasteiger charge is 2.38. The van der Waals surface area contributed by atoms with Crippen molar-refractivity contribution < 1.29 is 34.1 Å². The summed E-state index contributed by atoms with van der Waals surface area (Å²) in [4.78, 5) is 46.2. The van der Waals surface area contributed by atoms with Crippen LogP contribution in [-0.2, 0) is 19.1 Å². The van der Waals surface area contributed by atoms with Gasteiger partial charge in [-0.1, -0.05) is 6.92 Å². The van der Waals surface area contributed by atoms with Crippen molar-refractivity contribution >= 4 is 23.9 Å². The first-order valence-corrected chi connectivity index (χ1v) is 6.34. The zero-order valence-electron chi connectivity index (χ0n) is 11.7. The number of hydrogen-bond acceptors (Lipinski definition) is 5. The topological polar surface area (TPSA) is 133 Å². The fourth-order valence-corrected chi connectivity index (χ4v) is 2.21. The van der Waals surface area contributed by atoms with Gasteiger partial charge in [-0.05, 0) is 5.92 Å². The largest absolute Gasteiger partial charge is 0.481 e. The van der Waals surface area contributed by atoms with E-state index >= 15 is 0 Å². The van der Waals surface area contributed by atoms with Crippen LogP contribution in [0.2, 0.25) is 0 Å². The molecule has 1 aliphatic rings. The minimum absolute atomic E-state index is 0.110. The highest BCUT2D eigenvalue weighted by molar-refractivity contribution is 5.86. The minimum Gasteiger partial charge on any atom is -0.481 e. The van der Waals surface area contributed by atoms with Gasteiger partial charge in [-0.2, -0.15) is 0 Å². The van der Waals surface area contributed by atoms with Gasteiger partial charge in [-0.15, -0.1) is 0 Å². The Bertz CT molecular complexity index is 451. The van der Waals surface area contributed by atoms with Gasteiger partial charge in [0.15, 0.2) is 0 Å². The molecule has 0 saturated carbocycles. The Kier molecular flexibility index (Phi) is 5.51. The second-order valence-electron chi connectivity index (χ2n) is 4.95. The molecule has 0 radical (unpaired) electrons. The highest BCUT2D eigenvalue weighted by Crippen LogP contribution is 2.24. The van der Waals surface area contributed by atoms with Crippen LogP contribution in [-0.4, -0.2) is 65.3 Å². The molecule has 1 saturated heterocycles. The SMILES string of the molecule is COC(=O)C1CN(C(=O)N[C@@H](CC(=O)O)C(=O)O)CC1C. The molecule has 0 aromatic carbocycles. The van der Waals surface area contributed by atoms with Crippen LogP contribution >= 0.6 is 0 Å². The number of urea groups is 1. The fourth-order valence-electron chi connectivity index (χ4n) is 2.21. The van der Waals surface area contributed by atoms with Crippen molar-refractivity contribution in [2.75, 3.05) is 20.2 Å². The quantitative estimate of drug-likeness (QED) is 0.575. The third-order valence-corrected chi connectivity index (χ3v) is 3.38. The summed E-state index contributed by atoms with van der Waals surface area (Å²) < 4.78 is 4.64. The number of likely N-dealkylation sites (tertiary alicyclic amines) is 1. The molecule has 0 spiro atoms. The summed E-state index contributed by atoms with van der Waals surface area (Å²) in [6.07, 6.45) is -0.717. The maximum atomic E-state index is 12.0. The van der Waals surface area contributed by atoms with E-state index in [0.717, 1.165) is 0 Å². The summed E-state index contributed by atoms with van der Waals surface area (Å²) in [5, 5.41) is 19.6. The molecule has 1 heterocycles. The van der Waals surface area contributed by atoms with Crippen molar-refractivity contribution in [3.05, 3.63) is 0 Å². The predicted octanol–water partition coefficient (Wildman–Crippen LogP) is -0.635. The van der Waals surface area contributed by atoms with Crippen LogP contribution in [0.15, 0.2) is 0 Å². The molecule has 0 aliphatic carbocycles. The Morgan fingerprint density at radius 3 is 2.38 bits per heavy atom. The Labute approximate surface area is 120 Å². The Morgan fingerprint density at radius 2 is 1.90 bits per heavy atom. The molecule has 0 aromatic rings. The number of methoxy groups -OCH3 is 1. The van der Waals surface area contributed by atoms with Crippen LogP contribution in [0, 0.1) is 11.8 Å². The van der Waals surface area contributed by atoms with E-state index in [1.807, 2.05) is 0 Å². The summed E-state index contributed by atoms with van der Waals surface area (Å²) in [5.41, 5.74) is 0. The first-order chi connectivity index (χ1) is 9.76. The van der Waals surface area contributed by atoms with E-state index in [9.17, 15) is 19.2 Å². The highest BCUT2D eigenvalue weighted by atomic mass is 16.5. The van der Waals surface area contributed by atoms with Gasteiger partial charge < -0.3 is 25.2 Å². The first kappa shape index (κ1) is 16.7. The molecule has 2 amide bonds. The molecular formula is C12H18N2O7. The zero-order valence-corrected chi connectivity index (χ0v) is 11.7. The minimum atomic E-state index is -1.51. The number of carboxylic acids is 2. The van der Waals surface area contributed by atoms with Gasteiger partial charge in [0.1, 0.15) is 6.04 Å². The maximum Gasteiger partial charge on any atom is 0.326 e. The van der Waals surface area contributed by atoms with Crippen molar-refractivity contribution in [2.24, 2.45) is 11.8 Å². The number of esters is 1. The van der Waals surface area contributed by atoms with Crippen LogP contribution in [0.3, 0.4) is 0 Å². The molecule has 3 atom stereocenters. The molecule has 2 unspecified atom stereocenters. The summed E-state index contributed by atoms with van der Waals surface area (Å²) in [6, 6.07) is -2.22. The van der Waals surface area contributed by atoms with Crippen molar-refractivity contribution in [3.63, 3.8) is 0 Å². The van der Waals surface area contributed by atoms with Gasteiger partial charge in [-0.3, -0.25) is 9.59 Å². The lowest BCUT2D eigenvalue weighted by atomic mass is 9.99. The third-order valence-electron chi connectivity index (χ3n) is 3.38. The maximum absolute atomic E-state index is 12.0. The molecule has 1 fully saturated rings. The van der Waals surface area contributed by atoms with Gasteiger partial charge >= 0.3 is 23.9 Å². The lowest BCUT2D eigenvalue weighted by Gasteiger charge is -2.20. The Morgan fingerprint density at radius 1 is 1.29 bits per heavy atom. The summed E-state index contributed by atoms with van der Waals surface area (Å²) >= 11 is 0. The molecule has 21 heavy (non-hydrogen) atoms. The molecule has 1 rings (SSSR count). The number of ether oxygens (including phenoxy) is 1. The number of nitrogens with zero attached hydrogens (tertiary/aromatic N) is 1. The van der Waals surface area contributed by atoms with Gasteiger partial charge in [0.2, 0.25) is 0 Å². The van der Waals surface area contributed by atoms with Crippen LogP contribution in [0.5, 0.6) is 0 Å². The zero-order chi connectivity index (χ0) is 16.2. The number of carbonyl (C=O) groups is 4. The van der Waals surface area contributed by atoms with Crippen LogP contribution < -0.4 is 5.32 Å². The number of amides is 2. The molecular weight excluding hydrogens is 284 g/mol. The average molecular weight is 302 g/mol. The predicted molar refractivity (Wildman–Crippen MR) is 68.5 cm³/mol. The van der Waals surface area contributed by atoms with Crippen molar-refractivity contribution in [2.45, 2.75) is 19.4 Å². The van der Waals surface area contributed by atoms with Crippen LogP contribution in [0.4, 0.5) is 4.79 Å². The number of hydrogen-bond donors (Lipinski definition) is 3. The van der Waals surface area contributed by atoms with Gasteiger partial charge in [0, 0.05) is 13.1 Å². The number of carboxylic acid groups (broad SMARTS) is 2. The smallest absolute Gasteiger partial charge is 0.326 e. The monoisotopic (exact) mass is 302 g/mol. The van der Waals surface area contributed by atoms with Gasteiger partial charge in [0.25, 0.3) is 0 Å². The molecule has 9 nitrogen and oxygen atoms in total. The van der Waals surface area contributed by atoms with E-state index in [0.29, 0.717) is 0 Å². The second kappa shape index (κ2) is 6.91. The molecule has 1 aliphatic heterocycles. The van der Waals surface area contributed by atoms with Gasteiger partial charge in [0.05, 0.1) is 19.4 Å². The van der Waals surface area contributed by atoms with E-state index in [2.05, 4.69) is 10.1 Å². The third kappa shape index (κ3) is 4.33. The van der Waals surface area contributed by atoms with E-state index < -0.39 is 42.3 Å². The molecule has 118 valence electrons. The Hall–Kier alpha value is -2.32. The number of nitrogens with one attached hydrogen (secondary N) is 1. The molecule has 9 heteroatoms. The standard InChI is InChI=1S/C12H18N2O7/c1-6-4-14(5-7(6)11(19)21-2)12(20)13-8(10(17)18)3-9(15)16/h6-8H,3-5H2,1-2H3,(H,13,20)(H,15,16)(H,17,18)/t6?,7?,8-/m0/s1. The number of aliphatic carboxylic acids is 2. The van der Waals surface area contributed by atoms with E-state index in [1.165, 1.54) is 12.0 Å². The van der Waals surface area contributed by atoms with Crippen molar-refractivity contribution in [1.29, 1.82) is 0 Å². The van der Waals surface area contributed by atoms with Crippen molar-refractivity contribution in [3.8, 4) is 0 Å². The second-order valence-corrected chi connectivity index (χ2v) is 4.95. The number of carbonyl (C=O) groups excluding carboxylic acids is 2. The van der Waals surface area contributed by atoms with Crippen molar-refractivity contribution in [1.82, 2.24) is 10.2 Å². The summed E-state index contributed by atoms with van der Waals surface area (Å²) in [7, 11) is 1.26. The molecule has 0 aromatic heterocycles. The first-order valence-electron chi connectivity index (χ1n) is 6.34. The molecule has 3 N–H and O–H groups in total. The van der Waals surface area contributed by atoms with Crippen LogP contribution in [0.25, 0.3) is 0 Å². The van der Waals surface area contributed by atoms with E-state index in [-0.39, 0.29) is 19.0 Å². The van der Waals surface area contributed by atoms with Gasteiger partial charge in [-0.25, -0.2) is 9.59 Å². The lowest BCUT2D eigenvalue weighted by Crippen LogP contribution is -2.48. The van der Waals surface area contributed by atoms with Crippen LogP contribution in [0.1, 0.15) is 13.3 Å². The normalized spacial score (nSPS) is 22.5. The number of rotatable bonds is 5.